The van der Waals surface area contributed by atoms with Gasteiger partial charge in [0.05, 0.1) is 24.2 Å². The molecule has 40 heavy (non-hydrogen) atoms. The van der Waals surface area contributed by atoms with Gasteiger partial charge in [-0.2, -0.15) is 11.3 Å². The molecule has 0 spiro atoms. The molecule has 6 heteroatoms. The van der Waals surface area contributed by atoms with Crippen LogP contribution in [0.1, 0.15) is 113 Å². The van der Waals surface area contributed by atoms with Gasteiger partial charge in [0.25, 0.3) is 0 Å². The topological polar surface area (TPSA) is 52.1 Å². The van der Waals surface area contributed by atoms with Crippen LogP contribution in [0.4, 0.5) is 0 Å². The Bertz CT molecular complexity index is 497. The Labute approximate surface area is 260 Å². The van der Waals surface area contributed by atoms with Crippen molar-refractivity contribution < 1.29 is 8.83 Å². The largest absolute Gasteiger partial charge is 0.473 e. The van der Waals surface area contributed by atoms with Crippen molar-refractivity contribution in [3.05, 3.63) is 83.5 Å². The van der Waals surface area contributed by atoms with Crippen molar-refractivity contribution in [3.8, 4) is 0 Å². The summed E-state index contributed by atoms with van der Waals surface area (Å²) in [5.41, 5.74) is 1.79. The first-order valence-corrected chi connectivity index (χ1v) is 14.4. The predicted octanol–water partition coefficient (Wildman–Crippen LogP) is 14.0. The van der Waals surface area contributed by atoms with E-state index in [-0.39, 0.29) is 29.7 Å². The van der Waals surface area contributed by atoms with Crippen molar-refractivity contribution in [2.45, 2.75) is 113 Å². The van der Waals surface area contributed by atoms with Crippen molar-refractivity contribution in [3.63, 3.8) is 0 Å². The summed E-state index contributed by atoms with van der Waals surface area (Å²) in [7, 11) is 0. The van der Waals surface area contributed by atoms with Crippen molar-refractivity contribution in [1.29, 1.82) is 0 Å². The minimum atomic E-state index is 0. The first-order chi connectivity index (χ1) is 16.9. The number of hydrogen-bond acceptors (Lipinski definition) is 6. The van der Waals surface area contributed by atoms with Crippen molar-refractivity contribution in [1.82, 2.24) is 9.97 Å². The second kappa shape index (κ2) is 53.1. The quantitative estimate of drug-likeness (QED) is 0.201. The van der Waals surface area contributed by atoms with Crippen LogP contribution in [-0.4, -0.2) is 9.97 Å². The van der Waals surface area contributed by atoms with E-state index in [1.165, 1.54) is 12.7 Å². The molecule has 4 rings (SSSR count). The summed E-state index contributed by atoms with van der Waals surface area (Å²) in [4.78, 5) is 7.30. The van der Waals surface area contributed by atoms with E-state index in [2.05, 4.69) is 102 Å². The average molecular weight is 603 g/mol. The standard InChI is InChI=1S/C4H4O.C4H4S.4C4H10.C3H3NO.C3H3NS.4CH4/c2*1-2-4-5-3-1;4*1-4(2)3;2*1-2-5-3-4-1;;;;/h2*1-4H;4*4H,1-3H3;2*1-3H;4*1H4. The molecule has 0 aromatic carbocycles. The first-order valence-electron chi connectivity index (χ1n) is 12.5. The van der Waals surface area contributed by atoms with Gasteiger partial charge in [-0.1, -0.05) is 125 Å². The van der Waals surface area contributed by atoms with E-state index in [4.69, 9.17) is 0 Å². The summed E-state index contributed by atoms with van der Waals surface area (Å²) in [5, 5.41) is 6.01. The highest BCUT2D eigenvalue weighted by atomic mass is 32.1. The zero-order valence-corrected chi connectivity index (χ0v) is 26.6. The zero-order chi connectivity index (χ0) is 28.5. The Morgan fingerprint density at radius 2 is 0.850 bits per heavy atom. The van der Waals surface area contributed by atoms with Crippen LogP contribution in [0, 0.1) is 23.7 Å². The Balaban J connectivity index is -0.0000000483. The highest BCUT2D eigenvalue weighted by molar-refractivity contribution is 7.07. The lowest BCUT2D eigenvalue weighted by Crippen LogP contribution is -1.66. The molecule has 0 atom stereocenters. The minimum Gasteiger partial charge on any atom is -0.473 e. The van der Waals surface area contributed by atoms with Crippen molar-refractivity contribution in [2.24, 2.45) is 23.7 Å². The van der Waals surface area contributed by atoms with Gasteiger partial charge in [-0.05, 0) is 46.6 Å². The molecular weight excluding hydrogens is 533 g/mol. The lowest BCUT2D eigenvalue weighted by molar-refractivity contribution is 0.558. The van der Waals surface area contributed by atoms with Gasteiger partial charge in [0.2, 0.25) is 0 Å². The van der Waals surface area contributed by atoms with Gasteiger partial charge in [0.1, 0.15) is 6.26 Å². The molecule has 0 saturated heterocycles. The maximum absolute atomic E-state index is 4.58. The van der Waals surface area contributed by atoms with Gasteiger partial charge in [-0.15, -0.1) is 11.3 Å². The summed E-state index contributed by atoms with van der Waals surface area (Å²) in [6.45, 7) is 26.0. The van der Waals surface area contributed by atoms with E-state index in [9.17, 15) is 0 Å². The highest BCUT2D eigenvalue weighted by Crippen LogP contribution is 1.91. The molecule has 4 aromatic heterocycles. The van der Waals surface area contributed by atoms with Gasteiger partial charge in [-0.25, -0.2) is 4.98 Å². The van der Waals surface area contributed by atoms with Crippen LogP contribution in [0.5, 0.6) is 0 Å². The van der Waals surface area contributed by atoms with Crippen LogP contribution in [0.2, 0.25) is 0 Å². The van der Waals surface area contributed by atoms with Gasteiger partial charge in [0.15, 0.2) is 6.39 Å². The molecule has 0 bridgehead atoms. The molecule has 0 saturated carbocycles. The summed E-state index contributed by atoms with van der Waals surface area (Å²) in [6.07, 6.45) is 9.49. The average Bonchev–Trinajstić information content (AvgIpc) is 3.60. The lowest BCUT2D eigenvalue weighted by Gasteiger charge is -1.79. The Hall–Kier alpha value is -2.18. The second-order valence-corrected chi connectivity index (χ2v) is 11.4. The number of thiazole rings is 1. The van der Waals surface area contributed by atoms with Gasteiger partial charge >= 0.3 is 0 Å². The normalized spacial score (nSPS) is 7.60. The van der Waals surface area contributed by atoms with Gasteiger partial charge in [0, 0.05) is 11.6 Å². The van der Waals surface area contributed by atoms with Gasteiger partial charge in [-0.3, -0.25) is 4.98 Å². The van der Waals surface area contributed by atoms with E-state index in [1.54, 1.807) is 53.1 Å². The van der Waals surface area contributed by atoms with Crippen LogP contribution in [-0.2, 0) is 0 Å². The third-order valence-corrected chi connectivity index (χ3v) is 2.70. The maximum Gasteiger partial charge on any atom is 0.180 e. The molecule has 0 amide bonds. The molecule has 240 valence electrons. The lowest BCUT2D eigenvalue weighted by atomic mass is 10.3. The molecule has 4 nitrogen and oxygen atoms in total. The molecule has 0 radical (unpaired) electrons. The Morgan fingerprint density at radius 1 is 0.450 bits per heavy atom. The highest BCUT2D eigenvalue weighted by Gasteiger charge is 1.69. The number of furan rings is 1. The van der Waals surface area contributed by atoms with Crippen molar-refractivity contribution >= 4 is 22.7 Å². The van der Waals surface area contributed by atoms with Crippen LogP contribution in [0.15, 0.2) is 92.3 Å². The molecule has 0 aliphatic carbocycles. The summed E-state index contributed by atoms with van der Waals surface area (Å²) >= 11 is 3.31. The number of thiophene rings is 1. The fraction of sp³-hybridized carbons (Fsp3) is 0.588. The third-order valence-electron chi connectivity index (χ3n) is 1.55. The molecule has 0 fully saturated rings. The summed E-state index contributed by atoms with van der Waals surface area (Å²) in [6, 6.07) is 7.70. The van der Waals surface area contributed by atoms with Crippen LogP contribution in [0.3, 0.4) is 0 Å². The molecule has 0 N–H and O–H groups in total. The number of oxazole rings is 1. The summed E-state index contributed by atoms with van der Waals surface area (Å²) < 4.78 is 9.06. The van der Waals surface area contributed by atoms with E-state index in [1.807, 2.05) is 40.4 Å². The SMILES string of the molecule is C.C.C.C.CC(C)C.CC(C)C.CC(C)C.CC(C)C.c1ccoc1.c1ccsc1.c1cocn1.c1cscn1. The van der Waals surface area contributed by atoms with Crippen LogP contribution < -0.4 is 0 Å². The molecular formula is C34H70N2O2S2. The smallest absolute Gasteiger partial charge is 0.180 e. The van der Waals surface area contributed by atoms with E-state index in [0.717, 1.165) is 23.7 Å². The maximum atomic E-state index is 4.58. The summed E-state index contributed by atoms with van der Waals surface area (Å²) in [5.74, 6) is 3.33. The number of hydrogen-bond donors (Lipinski definition) is 0. The third kappa shape index (κ3) is 137. The van der Waals surface area contributed by atoms with Crippen LogP contribution in [0.25, 0.3) is 0 Å². The minimum absolute atomic E-state index is 0. The molecule has 4 heterocycles. The van der Waals surface area contributed by atoms with E-state index < -0.39 is 0 Å². The number of nitrogens with zero attached hydrogens (tertiary/aromatic N) is 2. The molecule has 0 aliphatic rings. The molecule has 0 aliphatic heterocycles. The first kappa shape index (κ1) is 57.7. The molecule has 0 unspecified atom stereocenters. The fourth-order valence-electron chi connectivity index (χ4n) is 0.805. The van der Waals surface area contributed by atoms with Gasteiger partial charge < -0.3 is 8.83 Å². The van der Waals surface area contributed by atoms with E-state index >= 15 is 0 Å². The monoisotopic (exact) mass is 602 g/mol. The second-order valence-electron chi connectivity index (χ2n) is 9.87. The zero-order valence-electron chi connectivity index (χ0n) is 24.9. The number of rotatable bonds is 0. The van der Waals surface area contributed by atoms with E-state index in [0.29, 0.717) is 0 Å². The Morgan fingerprint density at radius 3 is 0.950 bits per heavy atom. The molecule has 4 aromatic rings. The Kier molecular flexibility index (Phi) is 76.6. The predicted molar refractivity (Wildman–Crippen MR) is 191 cm³/mol. The fourth-order valence-corrected chi connectivity index (χ4v) is 1.61. The number of aromatic nitrogens is 2. The van der Waals surface area contributed by atoms with Crippen molar-refractivity contribution in [2.75, 3.05) is 0 Å². The van der Waals surface area contributed by atoms with Crippen LogP contribution >= 0.6 is 22.7 Å².